The maximum atomic E-state index is 9.50. The summed E-state index contributed by atoms with van der Waals surface area (Å²) in [5.74, 6) is 0.193. The first-order chi connectivity index (χ1) is 8.69. The SMILES string of the molecule is Cn1cc(CCC(CO)c2ccc(Br)cc2)cn1. The first-order valence-electron chi connectivity index (χ1n) is 6.03. The lowest BCUT2D eigenvalue weighted by Gasteiger charge is -2.14. The molecule has 0 saturated carbocycles. The summed E-state index contributed by atoms with van der Waals surface area (Å²) >= 11 is 3.42. The van der Waals surface area contributed by atoms with Gasteiger partial charge in [-0.2, -0.15) is 5.10 Å². The molecular weight excluding hydrogens is 292 g/mol. The standard InChI is InChI=1S/C14H17BrN2O/c1-17-9-11(8-16-17)2-3-13(10-18)12-4-6-14(15)7-5-12/h4-9,13,18H,2-3,10H2,1H3. The summed E-state index contributed by atoms with van der Waals surface area (Å²) in [6.07, 6.45) is 5.78. The highest BCUT2D eigenvalue weighted by molar-refractivity contribution is 9.10. The van der Waals surface area contributed by atoms with Gasteiger partial charge >= 0.3 is 0 Å². The third-order valence-electron chi connectivity index (χ3n) is 3.10. The fourth-order valence-electron chi connectivity index (χ4n) is 2.04. The molecule has 2 aromatic rings. The van der Waals surface area contributed by atoms with Gasteiger partial charge in [0.1, 0.15) is 0 Å². The Balaban J connectivity index is 1.99. The molecule has 0 spiro atoms. The van der Waals surface area contributed by atoms with Gasteiger partial charge < -0.3 is 5.11 Å². The molecule has 96 valence electrons. The van der Waals surface area contributed by atoms with Crippen molar-refractivity contribution < 1.29 is 5.11 Å². The monoisotopic (exact) mass is 308 g/mol. The quantitative estimate of drug-likeness (QED) is 0.922. The van der Waals surface area contributed by atoms with Crippen LogP contribution in [0.25, 0.3) is 0 Å². The van der Waals surface area contributed by atoms with Crippen LogP contribution in [-0.2, 0) is 13.5 Å². The van der Waals surface area contributed by atoms with E-state index in [9.17, 15) is 5.11 Å². The highest BCUT2D eigenvalue weighted by atomic mass is 79.9. The molecule has 0 aliphatic heterocycles. The largest absolute Gasteiger partial charge is 0.396 e. The summed E-state index contributed by atoms with van der Waals surface area (Å²) in [6.45, 7) is 0.182. The van der Waals surface area contributed by atoms with Crippen LogP contribution < -0.4 is 0 Å². The van der Waals surface area contributed by atoms with Crippen LogP contribution in [0.1, 0.15) is 23.5 Å². The lowest BCUT2D eigenvalue weighted by molar-refractivity contribution is 0.259. The average molecular weight is 309 g/mol. The van der Waals surface area contributed by atoms with E-state index < -0.39 is 0 Å². The van der Waals surface area contributed by atoms with Gasteiger partial charge in [-0.3, -0.25) is 4.68 Å². The number of aryl methyl sites for hydroxylation is 2. The third kappa shape index (κ3) is 3.43. The van der Waals surface area contributed by atoms with Gasteiger partial charge in [0, 0.05) is 30.2 Å². The van der Waals surface area contributed by atoms with Crippen molar-refractivity contribution in [1.29, 1.82) is 0 Å². The first-order valence-corrected chi connectivity index (χ1v) is 6.82. The summed E-state index contributed by atoms with van der Waals surface area (Å²) in [6, 6.07) is 8.16. The molecule has 0 aliphatic rings. The molecule has 0 fully saturated rings. The molecule has 1 aromatic heterocycles. The van der Waals surface area contributed by atoms with Crippen molar-refractivity contribution in [3.05, 3.63) is 52.3 Å². The highest BCUT2D eigenvalue weighted by Crippen LogP contribution is 2.23. The van der Waals surface area contributed by atoms with Crippen LogP contribution in [0.15, 0.2) is 41.1 Å². The number of rotatable bonds is 5. The van der Waals surface area contributed by atoms with Crippen molar-refractivity contribution in [2.75, 3.05) is 6.61 Å². The van der Waals surface area contributed by atoms with Crippen molar-refractivity contribution in [3.8, 4) is 0 Å². The second-order valence-electron chi connectivity index (χ2n) is 4.49. The molecule has 1 unspecified atom stereocenters. The van der Waals surface area contributed by atoms with E-state index in [4.69, 9.17) is 0 Å². The number of hydrogen-bond donors (Lipinski definition) is 1. The molecule has 1 N–H and O–H groups in total. The van der Waals surface area contributed by atoms with E-state index in [1.165, 1.54) is 11.1 Å². The average Bonchev–Trinajstić information content (AvgIpc) is 2.78. The Labute approximate surface area is 116 Å². The van der Waals surface area contributed by atoms with Crippen LogP contribution in [0.3, 0.4) is 0 Å². The Bertz CT molecular complexity index is 493. The van der Waals surface area contributed by atoms with E-state index in [1.807, 2.05) is 36.3 Å². The van der Waals surface area contributed by atoms with E-state index >= 15 is 0 Å². The zero-order chi connectivity index (χ0) is 13.0. The summed E-state index contributed by atoms with van der Waals surface area (Å²) in [4.78, 5) is 0. The molecular formula is C14H17BrN2O. The van der Waals surface area contributed by atoms with Crippen molar-refractivity contribution in [3.63, 3.8) is 0 Å². The van der Waals surface area contributed by atoms with Crippen molar-refractivity contribution >= 4 is 15.9 Å². The van der Waals surface area contributed by atoms with Gasteiger partial charge in [0.25, 0.3) is 0 Å². The Hall–Kier alpha value is -1.13. The lowest BCUT2D eigenvalue weighted by Crippen LogP contribution is -2.05. The van der Waals surface area contributed by atoms with Crippen molar-refractivity contribution in [2.24, 2.45) is 7.05 Å². The van der Waals surface area contributed by atoms with Crippen molar-refractivity contribution in [1.82, 2.24) is 9.78 Å². The molecule has 4 heteroatoms. The zero-order valence-electron chi connectivity index (χ0n) is 10.4. The topological polar surface area (TPSA) is 38.0 Å². The number of halogens is 1. The van der Waals surface area contributed by atoms with Crippen LogP contribution in [0, 0.1) is 0 Å². The number of aromatic nitrogens is 2. The maximum absolute atomic E-state index is 9.50. The van der Waals surface area contributed by atoms with Gasteiger partial charge in [0.15, 0.2) is 0 Å². The zero-order valence-corrected chi connectivity index (χ0v) is 12.0. The molecule has 0 aliphatic carbocycles. The van der Waals surface area contributed by atoms with Gasteiger partial charge in [-0.15, -0.1) is 0 Å². The molecule has 0 bridgehead atoms. The minimum absolute atomic E-state index is 0.182. The Morgan fingerprint density at radius 3 is 2.61 bits per heavy atom. The molecule has 3 nitrogen and oxygen atoms in total. The summed E-state index contributed by atoms with van der Waals surface area (Å²) in [5.41, 5.74) is 2.40. The molecule has 0 saturated heterocycles. The Morgan fingerprint density at radius 2 is 2.06 bits per heavy atom. The number of benzene rings is 1. The number of hydrogen-bond acceptors (Lipinski definition) is 2. The van der Waals surface area contributed by atoms with Crippen LogP contribution >= 0.6 is 15.9 Å². The van der Waals surface area contributed by atoms with E-state index in [1.54, 1.807) is 0 Å². The molecule has 0 radical (unpaired) electrons. The van der Waals surface area contributed by atoms with E-state index in [2.05, 4.69) is 33.2 Å². The molecule has 18 heavy (non-hydrogen) atoms. The van der Waals surface area contributed by atoms with Gasteiger partial charge in [-0.25, -0.2) is 0 Å². The Morgan fingerprint density at radius 1 is 1.33 bits per heavy atom. The summed E-state index contributed by atoms with van der Waals surface area (Å²) in [5, 5.41) is 13.7. The summed E-state index contributed by atoms with van der Waals surface area (Å²) < 4.78 is 2.87. The summed E-state index contributed by atoms with van der Waals surface area (Å²) in [7, 11) is 1.92. The minimum atomic E-state index is 0.182. The van der Waals surface area contributed by atoms with E-state index in [-0.39, 0.29) is 12.5 Å². The minimum Gasteiger partial charge on any atom is -0.396 e. The second kappa shape index (κ2) is 6.16. The molecule has 0 amide bonds. The molecule has 1 atom stereocenters. The van der Waals surface area contributed by atoms with Crippen molar-refractivity contribution in [2.45, 2.75) is 18.8 Å². The number of aliphatic hydroxyl groups is 1. The number of nitrogens with zero attached hydrogens (tertiary/aromatic N) is 2. The van der Waals surface area contributed by atoms with Gasteiger partial charge in [-0.05, 0) is 36.1 Å². The van der Waals surface area contributed by atoms with E-state index in [0.29, 0.717) is 0 Å². The van der Waals surface area contributed by atoms with Crippen LogP contribution in [-0.4, -0.2) is 21.5 Å². The molecule has 2 rings (SSSR count). The Kier molecular flexibility index (Phi) is 4.55. The number of aliphatic hydroxyl groups excluding tert-OH is 1. The fraction of sp³-hybridized carbons (Fsp3) is 0.357. The van der Waals surface area contributed by atoms with Gasteiger partial charge in [0.2, 0.25) is 0 Å². The lowest BCUT2D eigenvalue weighted by atomic mass is 9.94. The highest BCUT2D eigenvalue weighted by Gasteiger charge is 2.11. The van der Waals surface area contributed by atoms with Crippen LogP contribution in [0.5, 0.6) is 0 Å². The van der Waals surface area contributed by atoms with Gasteiger partial charge in [0.05, 0.1) is 6.20 Å². The van der Waals surface area contributed by atoms with Crippen LogP contribution in [0.4, 0.5) is 0 Å². The maximum Gasteiger partial charge on any atom is 0.0521 e. The predicted molar refractivity (Wildman–Crippen MR) is 75.5 cm³/mol. The predicted octanol–water partition coefficient (Wildman–Crippen LogP) is 2.89. The normalized spacial score (nSPS) is 12.6. The van der Waals surface area contributed by atoms with Gasteiger partial charge in [-0.1, -0.05) is 28.1 Å². The first kappa shape index (κ1) is 13.3. The second-order valence-corrected chi connectivity index (χ2v) is 5.41. The molecule has 1 heterocycles. The fourth-order valence-corrected chi connectivity index (χ4v) is 2.30. The molecule has 1 aromatic carbocycles. The van der Waals surface area contributed by atoms with Crippen LogP contribution in [0.2, 0.25) is 0 Å². The third-order valence-corrected chi connectivity index (χ3v) is 3.63. The van der Waals surface area contributed by atoms with E-state index in [0.717, 1.165) is 17.3 Å². The smallest absolute Gasteiger partial charge is 0.0521 e.